The summed E-state index contributed by atoms with van der Waals surface area (Å²) in [5, 5.41) is 13.1. The van der Waals surface area contributed by atoms with Crippen LogP contribution in [0.5, 0.6) is 0 Å². The number of aliphatic hydroxyl groups excluding tert-OH is 1. The number of nitrogens with one attached hydrogen (secondary N) is 1. The quantitative estimate of drug-likeness (QED) is 0.678. The molecule has 1 saturated heterocycles. The smallest absolute Gasteiger partial charge is 0.324 e. The van der Waals surface area contributed by atoms with Crippen molar-refractivity contribution >= 4 is 28.4 Å². The van der Waals surface area contributed by atoms with Crippen molar-refractivity contribution in [1.29, 1.82) is 0 Å². The molecule has 2 aromatic rings. The Balaban J connectivity index is 1.60. The minimum Gasteiger partial charge on any atom is -0.390 e. The lowest BCUT2D eigenvalue weighted by atomic mass is 9.94. The van der Waals surface area contributed by atoms with Crippen LogP contribution < -0.4 is 11.1 Å². The van der Waals surface area contributed by atoms with E-state index in [1.165, 1.54) is 16.2 Å². The standard InChI is InChI=1S/C19H24N6O3S/c1-19(2,3)16-21-8-9-4-5-10-14(12(9)23-16)29-17(22-10)24-18(28)25-7-6-11(26)13(25)15(20)27/h8,11,13,26H,4-7H2,1-3H3,(H2,20,27)(H,22,24,28)/t11-,13?/m1/s1. The average molecular weight is 417 g/mol. The predicted molar refractivity (Wildman–Crippen MR) is 109 cm³/mol. The number of amides is 3. The molecule has 9 nitrogen and oxygen atoms in total. The zero-order valence-corrected chi connectivity index (χ0v) is 17.4. The SMILES string of the molecule is CC(C)(C)c1ncc2c(n1)-c1sc(NC(=O)N3CC[C@@H](O)C3C(N)=O)nc1CC2. The number of urea groups is 1. The van der Waals surface area contributed by atoms with Crippen molar-refractivity contribution in [3.05, 3.63) is 23.3 Å². The number of thiazole rings is 1. The molecule has 0 saturated carbocycles. The van der Waals surface area contributed by atoms with E-state index in [1.807, 2.05) is 6.20 Å². The number of anilines is 1. The van der Waals surface area contributed by atoms with Gasteiger partial charge in [-0.25, -0.2) is 19.7 Å². The molecule has 1 aliphatic carbocycles. The first kappa shape index (κ1) is 19.7. The number of carbonyl (C=O) groups excluding carboxylic acids is 2. The molecule has 2 atom stereocenters. The molecule has 2 aromatic heterocycles. The molecular formula is C19H24N6O3S. The minimum absolute atomic E-state index is 0.172. The number of hydrogen-bond acceptors (Lipinski definition) is 7. The number of nitrogens with zero attached hydrogens (tertiary/aromatic N) is 4. The van der Waals surface area contributed by atoms with Gasteiger partial charge in [0.25, 0.3) is 0 Å². The Bertz CT molecular complexity index is 983. The van der Waals surface area contributed by atoms with Crippen LogP contribution in [0.15, 0.2) is 6.20 Å². The van der Waals surface area contributed by atoms with Gasteiger partial charge in [-0.05, 0) is 24.8 Å². The molecule has 10 heteroatoms. The lowest BCUT2D eigenvalue weighted by molar-refractivity contribution is -0.123. The van der Waals surface area contributed by atoms with E-state index in [-0.39, 0.29) is 12.0 Å². The molecule has 154 valence electrons. The number of aliphatic hydroxyl groups is 1. The van der Waals surface area contributed by atoms with Crippen LogP contribution in [-0.2, 0) is 23.1 Å². The van der Waals surface area contributed by atoms with Gasteiger partial charge in [-0.2, -0.15) is 0 Å². The largest absolute Gasteiger partial charge is 0.390 e. The van der Waals surface area contributed by atoms with E-state index in [0.717, 1.165) is 40.5 Å². The lowest BCUT2D eigenvalue weighted by Crippen LogP contribution is -2.49. The van der Waals surface area contributed by atoms with Gasteiger partial charge in [-0.3, -0.25) is 10.1 Å². The van der Waals surface area contributed by atoms with Crippen molar-refractivity contribution < 1.29 is 14.7 Å². The van der Waals surface area contributed by atoms with Gasteiger partial charge in [0.15, 0.2) is 5.13 Å². The molecule has 1 unspecified atom stereocenters. The highest BCUT2D eigenvalue weighted by atomic mass is 32.1. The fourth-order valence-corrected chi connectivity index (χ4v) is 4.70. The van der Waals surface area contributed by atoms with Crippen LogP contribution in [-0.4, -0.2) is 55.6 Å². The molecule has 3 amide bonds. The maximum Gasteiger partial charge on any atom is 0.324 e. The molecule has 0 bridgehead atoms. The topological polar surface area (TPSA) is 134 Å². The van der Waals surface area contributed by atoms with Crippen LogP contribution in [0.4, 0.5) is 9.93 Å². The second-order valence-corrected chi connectivity index (χ2v) is 9.44. The summed E-state index contributed by atoms with van der Waals surface area (Å²) in [6, 6.07) is -1.51. The average Bonchev–Trinajstić information content (AvgIpc) is 3.23. The Morgan fingerprint density at radius 3 is 2.76 bits per heavy atom. The van der Waals surface area contributed by atoms with E-state index in [1.54, 1.807) is 0 Å². The first-order valence-corrected chi connectivity index (χ1v) is 10.4. The normalized spacial score (nSPS) is 20.9. The summed E-state index contributed by atoms with van der Waals surface area (Å²) < 4.78 is 0. The number of aromatic nitrogens is 3. The highest BCUT2D eigenvalue weighted by Crippen LogP contribution is 2.39. The first-order valence-electron chi connectivity index (χ1n) is 9.56. The van der Waals surface area contributed by atoms with Crippen molar-refractivity contribution in [2.45, 2.75) is 57.6 Å². The number of fused-ring (bicyclic) bond motifs is 3. The second-order valence-electron chi connectivity index (χ2n) is 8.44. The molecule has 2 aliphatic rings. The van der Waals surface area contributed by atoms with Gasteiger partial charge in [0.05, 0.1) is 22.4 Å². The Hall–Kier alpha value is -2.59. The minimum atomic E-state index is -1.02. The van der Waals surface area contributed by atoms with Crippen molar-refractivity contribution in [3.8, 4) is 10.6 Å². The number of hydrogen-bond donors (Lipinski definition) is 3. The van der Waals surface area contributed by atoms with Gasteiger partial charge in [-0.1, -0.05) is 32.1 Å². The number of aryl methyl sites for hydroxylation is 2. The summed E-state index contributed by atoms with van der Waals surface area (Å²) in [6.45, 7) is 6.46. The third-order valence-electron chi connectivity index (χ3n) is 5.21. The molecule has 1 aliphatic heterocycles. The fraction of sp³-hybridized carbons (Fsp3) is 0.526. The van der Waals surface area contributed by atoms with E-state index in [4.69, 9.17) is 10.7 Å². The lowest BCUT2D eigenvalue weighted by Gasteiger charge is -2.23. The molecule has 29 heavy (non-hydrogen) atoms. The summed E-state index contributed by atoms with van der Waals surface area (Å²) >= 11 is 1.36. The van der Waals surface area contributed by atoms with Crippen LogP contribution in [0.1, 0.15) is 44.3 Å². The van der Waals surface area contributed by atoms with Crippen LogP contribution in [0.3, 0.4) is 0 Å². The van der Waals surface area contributed by atoms with Crippen LogP contribution in [0.2, 0.25) is 0 Å². The van der Waals surface area contributed by atoms with E-state index in [9.17, 15) is 14.7 Å². The molecule has 3 heterocycles. The third-order valence-corrected chi connectivity index (χ3v) is 6.23. The monoisotopic (exact) mass is 416 g/mol. The third kappa shape index (κ3) is 3.58. The van der Waals surface area contributed by atoms with Crippen LogP contribution >= 0.6 is 11.3 Å². The predicted octanol–water partition coefficient (Wildman–Crippen LogP) is 1.45. The number of primary amides is 1. The van der Waals surface area contributed by atoms with Gasteiger partial charge in [0, 0.05) is 18.2 Å². The zero-order chi connectivity index (χ0) is 20.9. The van der Waals surface area contributed by atoms with Crippen molar-refractivity contribution in [3.63, 3.8) is 0 Å². The number of likely N-dealkylation sites (tertiary alicyclic amines) is 1. The van der Waals surface area contributed by atoms with Crippen molar-refractivity contribution in [2.24, 2.45) is 5.73 Å². The van der Waals surface area contributed by atoms with Gasteiger partial charge in [-0.15, -0.1) is 0 Å². The fourth-order valence-electron chi connectivity index (χ4n) is 3.67. The van der Waals surface area contributed by atoms with Crippen molar-refractivity contribution in [2.75, 3.05) is 11.9 Å². The van der Waals surface area contributed by atoms with Crippen LogP contribution in [0, 0.1) is 0 Å². The van der Waals surface area contributed by atoms with E-state index in [0.29, 0.717) is 11.6 Å². The van der Waals surface area contributed by atoms with Gasteiger partial charge < -0.3 is 15.7 Å². The first-order chi connectivity index (χ1) is 13.6. The highest BCUT2D eigenvalue weighted by molar-refractivity contribution is 7.19. The van der Waals surface area contributed by atoms with Gasteiger partial charge >= 0.3 is 6.03 Å². The van der Waals surface area contributed by atoms with E-state index in [2.05, 4.69) is 36.1 Å². The molecule has 0 aromatic carbocycles. The maximum absolute atomic E-state index is 12.7. The molecule has 4 rings (SSSR count). The summed E-state index contributed by atoms with van der Waals surface area (Å²) in [5.41, 5.74) is 8.01. The molecule has 1 fully saturated rings. The van der Waals surface area contributed by atoms with Crippen LogP contribution in [0.25, 0.3) is 10.6 Å². The Labute approximate surface area is 172 Å². The zero-order valence-electron chi connectivity index (χ0n) is 16.6. The maximum atomic E-state index is 12.7. The second kappa shape index (κ2) is 7.03. The number of nitrogens with two attached hydrogens (primary N) is 1. The number of carbonyl (C=O) groups is 2. The van der Waals surface area contributed by atoms with E-state index >= 15 is 0 Å². The molecule has 0 radical (unpaired) electrons. The molecule has 0 spiro atoms. The Morgan fingerprint density at radius 1 is 1.31 bits per heavy atom. The molecule has 4 N–H and O–H groups in total. The summed E-state index contributed by atoms with van der Waals surface area (Å²) in [7, 11) is 0. The van der Waals surface area contributed by atoms with Gasteiger partial charge in [0.1, 0.15) is 11.9 Å². The highest BCUT2D eigenvalue weighted by Gasteiger charge is 2.40. The Kier molecular flexibility index (Phi) is 4.78. The van der Waals surface area contributed by atoms with Crippen molar-refractivity contribution in [1.82, 2.24) is 19.9 Å². The number of rotatable bonds is 2. The Morgan fingerprint density at radius 2 is 2.07 bits per heavy atom. The summed E-state index contributed by atoms with van der Waals surface area (Å²) in [6.07, 6.45) is 2.80. The van der Waals surface area contributed by atoms with Gasteiger partial charge in [0.2, 0.25) is 5.91 Å². The summed E-state index contributed by atoms with van der Waals surface area (Å²) in [5.74, 6) is 0.0439. The molecular weight excluding hydrogens is 392 g/mol. The van der Waals surface area contributed by atoms with E-state index < -0.39 is 24.1 Å². The summed E-state index contributed by atoms with van der Waals surface area (Å²) in [4.78, 5) is 40.3.